The third-order valence-electron chi connectivity index (χ3n) is 5.27. The van der Waals surface area contributed by atoms with E-state index >= 15 is 0 Å². The van der Waals surface area contributed by atoms with Gasteiger partial charge < -0.3 is 10.3 Å². The number of carbonyl (C=O) groups is 1. The highest BCUT2D eigenvalue weighted by molar-refractivity contribution is 6.33. The summed E-state index contributed by atoms with van der Waals surface area (Å²) in [4.78, 5) is 25.0. The highest BCUT2D eigenvalue weighted by Gasteiger charge is 2.18. The van der Waals surface area contributed by atoms with Crippen molar-refractivity contribution in [3.8, 4) is 11.4 Å². The number of H-pyrrole nitrogens is 1. The molecule has 0 aliphatic carbocycles. The van der Waals surface area contributed by atoms with Crippen LogP contribution in [0.3, 0.4) is 0 Å². The van der Waals surface area contributed by atoms with Crippen LogP contribution in [0.4, 0.5) is 5.69 Å². The summed E-state index contributed by atoms with van der Waals surface area (Å²) in [7, 11) is 0. The van der Waals surface area contributed by atoms with Gasteiger partial charge in [-0.2, -0.15) is 0 Å². The SMILES string of the molecule is O=C(CN1CCCN(Cc2cnc(-c3ccccc3)[nH]2)CC1)Nc1ccccc1Cl. The van der Waals surface area contributed by atoms with E-state index < -0.39 is 0 Å². The lowest BCUT2D eigenvalue weighted by molar-refractivity contribution is -0.117. The molecule has 4 rings (SSSR count). The van der Waals surface area contributed by atoms with Gasteiger partial charge in [-0.05, 0) is 31.6 Å². The summed E-state index contributed by atoms with van der Waals surface area (Å²) in [6, 6.07) is 17.5. The number of anilines is 1. The second-order valence-electron chi connectivity index (χ2n) is 7.56. The van der Waals surface area contributed by atoms with Gasteiger partial charge in [0.2, 0.25) is 5.91 Å². The Balaban J connectivity index is 1.27. The van der Waals surface area contributed by atoms with Gasteiger partial charge in [-0.15, -0.1) is 0 Å². The molecule has 30 heavy (non-hydrogen) atoms. The second-order valence-corrected chi connectivity index (χ2v) is 7.96. The number of imidazole rings is 1. The molecule has 1 saturated heterocycles. The third-order valence-corrected chi connectivity index (χ3v) is 5.60. The fourth-order valence-corrected chi connectivity index (χ4v) is 3.90. The normalized spacial score (nSPS) is 15.6. The van der Waals surface area contributed by atoms with Crippen molar-refractivity contribution in [2.75, 3.05) is 38.0 Å². The standard InChI is InChI=1S/C23H26ClN5O/c24-20-9-4-5-10-21(20)27-22(30)17-29-12-6-11-28(13-14-29)16-19-15-25-23(26-19)18-7-2-1-3-8-18/h1-5,7-10,15H,6,11-14,16-17H2,(H,25,26)(H,27,30). The Morgan fingerprint density at radius 3 is 2.57 bits per heavy atom. The minimum Gasteiger partial charge on any atom is -0.341 e. The Bertz CT molecular complexity index is 974. The number of amides is 1. The van der Waals surface area contributed by atoms with E-state index in [1.54, 1.807) is 6.07 Å². The molecule has 0 atom stereocenters. The number of hydrogen-bond donors (Lipinski definition) is 2. The number of rotatable bonds is 6. The molecule has 7 heteroatoms. The van der Waals surface area contributed by atoms with E-state index in [-0.39, 0.29) is 5.91 Å². The lowest BCUT2D eigenvalue weighted by atomic mass is 10.2. The first kappa shape index (κ1) is 20.6. The van der Waals surface area contributed by atoms with Crippen LogP contribution in [0.1, 0.15) is 12.1 Å². The van der Waals surface area contributed by atoms with Crippen LogP contribution in [0.2, 0.25) is 5.02 Å². The fraction of sp³-hybridized carbons (Fsp3) is 0.304. The summed E-state index contributed by atoms with van der Waals surface area (Å²) in [5.41, 5.74) is 2.86. The Hall–Kier alpha value is -2.67. The van der Waals surface area contributed by atoms with Crippen molar-refractivity contribution in [1.82, 2.24) is 19.8 Å². The summed E-state index contributed by atoms with van der Waals surface area (Å²) >= 11 is 6.13. The van der Waals surface area contributed by atoms with Gasteiger partial charge in [-0.3, -0.25) is 14.6 Å². The molecule has 0 bridgehead atoms. The quantitative estimate of drug-likeness (QED) is 0.631. The number of halogens is 1. The molecule has 2 heterocycles. The molecule has 0 radical (unpaired) electrons. The zero-order valence-corrected chi connectivity index (χ0v) is 17.6. The first-order valence-corrected chi connectivity index (χ1v) is 10.6. The number of carbonyl (C=O) groups excluding carboxylic acids is 1. The summed E-state index contributed by atoms with van der Waals surface area (Å²) < 4.78 is 0. The van der Waals surface area contributed by atoms with Crippen LogP contribution in [-0.2, 0) is 11.3 Å². The van der Waals surface area contributed by atoms with E-state index in [1.807, 2.05) is 42.6 Å². The fourth-order valence-electron chi connectivity index (χ4n) is 3.72. The van der Waals surface area contributed by atoms with Crippen LogP contribution < -0.4 is 5.32 Å². The zero-order valence-electron chi connectivity index (χ0n) is 16.9. The average molecular weight is 424 g/mol. The van der Waals surface area contributed by atoms with Crippen molar-refractivity contribution in [3.05, 3.63) is 71.5 Å². The molecule has 1 aliphatic heterocycles. The van der Waals surface area contributed by atoms with E-state index in [1.165, 1.54) is 0 Å². The van der Waals surface area contributed by atoms with Crippen molar-refractivity contribution in [2.24, 2.45) is 0 Å². The molecule has 0 spiro atoms. The lowest BCUT2D eigenvalue weighted by Crippen LogP contribution is -2.36. The van der Waals surface area contributed by atoms with Gasteiger partial charge in [0.15, 0.2) is 0 Å². The minimum absolute atomic E-state index is 0.0300. The molecule has 1 amide bonds. The van der Waals surface area contributed by atoms with Crippen molar-refractivity contribution < 1.29 is 4.79 Å². The number of aromatic amines is 1. The Kier molecular flexibility index (Phi) is 6.79. The van der Waals surface area contributed by atoms with Gasteiger partial charge >= 0.3 is 0 Å². The molecule has 2 aromatic carbocycles. The van der Waals surface area contributed by atoms with Crippen LogP contribution in [0, 0.1) is 0 Å². The van der Waals surface area contributed by atoms with Crippen molar-refractivity contribution >= 4 is 23.2 Å². The minimum atomic E-state index is -0.0300. The van der Waals surface area contributed by atoms with Crippen LogP contribution in [0.15, 0.2) is 60.8 Å². The summed E-state index contributed by atoms with van der Waals surface area (Å²) in [6.45, 7) is 4.89. The first-order chi connectivity index (χ1) is 14.7. The smallest absolute Gasteiger partial charge is 0.238 e. The lowest BCUT2D eigenvalue weighted by Gasteiger charge is -2.21. The van der Waals surface area contributed by atoms with E-state index in [0.717, 1.165) is 56.2 Å². The maximum Gasteiger partial charge on any atom is 0.238 e. The molecule has 0 saturated carbocycles. The van der Waals surface area contributed by atoms with Gasteiger partial charge in [0.05, 0.1) is 17.3 Å². The molecule has 1 aliphatic rings. The summed E-state index contributed by atoms with van der Waals surface area (Å²) in [5, 5.41) is 3.47. The van der Waals surface area contributed by atoms with Crippen LogP contribution >= 0.6 is 11.6 Å². The van der Waals surface area contributed by atoms with E-state index in [0.29, 0.717) is 17.3 Å². The predicted octanol–water partition coefficient (Wildman–Crippen LogP) is 3.88. The molecular weight excluding hydrogens is 398 g/mol. The topological polar surface area (TPSA) is 64.3 Å². The maximum absolute atomic E-state index is 12.4. The Morgan fingerprint density at radius 2 is 1.73 bits per heavy atom. The van der Waals surface area contributed by atoms with Crippen molar-refractivity contribution in [1.29, 1.82) is 0 Å². The van der Waals surface area contributed by atoms with Crippen LogP contribution in [0.25, 0.3) is 11.4 Å². The molecule has 0 unspecified atom stereocenters. The number of aromatic nitrogens is 2. The van der Waals surface area contributed by atoms with E-state index in [4.69, 9.17) is 11.6 Å². The van der Waals surface area contributed by atoms with Crippen molar-refractivity contribution in [3.63, 3.8) is 0 Å². The Labute approximate surface area is 181 Å². The molecule has 2 N–H and O–H groups in total. The zero-order chi connectivity index (χ0) is 20.8. The number of nitrogens with zero attached hydrogens (tertiary/aromatic N) is 3. The predicted molar refractivity (Wildman–Crippen MR) is 120 cm³/mol. The van der Waals surface area contributed by atoms with Gasteiger partial charge in [0.1, 0.15) is 5.82 Å². The average Bonchev–Trinajstić information content (AvgIpc) is 3.11. The van der Waals surface area contributed by atoms with Gasteiger partial charge in [0, 0.05) is 37.1 Å². The van der Waals surface area contributed by atoms with E-state index in [2.05, 4.69) is 37.2 Å². The maximum atomic E-state index is 12.4. The Morgan fingerprint density at radius 1 is 1.00 bits per heavy atom. The molecule has 156 valence electrons. The molecular formula is C23H26ClN5O. The molecule has 6 nitrogen and oxygen atoms in total. The van der Waals surface area contributed by atoms with Crippen LogP contribution in [-0.4, -0.2) is 58.4 Å². The molecule has 1 fully saturated rings. The number of benzene rings is 2. The van der Waals surface area contributed by atoms with E-state index in [9.17, 15) is 4.79 Å². The third kappa shape index (κ3) is 5.48. The van der Waals surface area contributed by atoms with Gasteiger partial charge in [-0.1, -0.05) is 54.1 Å². The number of nitrogens with one attached hydrogen (secondary N) is 2. The van der Waals surface area contributed by atoms with Crippen molar-refractivity contribution in [2.45, 2.75) is 13.0 Å². The second kappa shape index (κ2) is 9.89. The first-order valence-electron chi connectivity index (χ1n) is 10.3. The van der Waals surface area contributed by atoms with Gasteiger partial charge in [-0.25, -0.2) is 4.98 Å². The molecule has 3 aromatic rings. The molecule has 1 aromatic heterocycles. The monoisotopic (exact) mass is 423 g/mol. The highest BCUT2D eigenvalue weighted by Crippen LogP contribution is 2.20. The highest BCUT2D eigenvalue weighted by atomic mass is 35.5. The van der Waals surface area contributed by atoms with Gasteiger partial charge in [0.25, 0.3) is 0 Å². The number of hydrogen-bond acceptors (Lipinski definition) is 4. The number of para-hydroxylation sites is 1. The summed E-state index contributed by atoms with van der Waals surface area (Å²) in [5.74, 6) is 0.871. The summed E-state index contributed by atoms with van der Waals surface area (Å²) in [6.07, 6.45) is 2.95. The largest absolute Gasteiger partial charge is 0.341 e. The van der Waals surface area contributed by atoms with Crippen LogP contribution in [0.5, 0.6) is 0 Å².